The fourth-order valence-electron chi connectivity index (χ4n) is 1.44. The Bertz CT molecular complexity index is 496. The van der Waals surface area contributed by atoms with Crippen molar-refractivity contribution in [2.24, 2.45) is 0 Å². The molecule has 0 saturated heterocycles. The summed E-state index contributed by atoms with van der Waals surface area (Å²) in [6, 6.07) is 9.45. The normalized spacial score (nSPS) is 10.7. The lowest BCUT2D eigenvalue weighted by Crippen LogP contribution is -2.08. The molecule has 0 N–H and O–H groups in total. The van der Waals surface area contributed by atoms with Crippen molar-refractivity contribution in [2.45, 2.75) is 13.3 Å². The van der Waals surface area contributed by atoms with Gasteiger partial charge in [-0.1, -0.05) is 19.1 Å². The van der Waals surface area contributed by atoms with Crippen LogP contribution in [0.1, 0.15) is 18.9 Å². The van der Waals surface area contributed by atoms with E-state index in [0.29, 0.717) is 6.61 Å². The second-order valence-corrected chi connectivity index (χ2v) is 4.29. The van der Waals surface area contributed by atoms with Crippen molar-refractivity contribution in [3.05, 3.63) is 35.4 Å². The Balaban J connectivity index is 2.86. The number of anilines is 1. The second-order valence-electron chi connectivity index (χ2n) is 4.29. The Hall–Kier alpha value is -2.28. The number of nitrogens with zero attached hydrogens (tertiary/aromatic N) is 2. The third-order valence-electron chi connectivity index (χ3n) is 2.50. The van der Waals surface area contributed by atoms with Gasteiger partial charge in [-0.25, -0.2) is 4.79 Å². The molecule has 19 heavy (non-hydrogen) atoms. The minimum Gasteiger partial charge on any atom is -0.462 e. The molecular weight excluding hydrogens is 240 g/mol. The minimum absolute atomic E-state index is 0.0195. The molecule has 0 aromatic heterocycles. The number of benzene rings is 1. The van der Waals surface area contributed by atoms with Crippen molar-refractivity contribution in [2.75, 3.05) is 25.6 Å². The molecule has 0 spiro atoms. The zero-order chi connectivity index (χ0) is 14.3. The average Bonchev–Trinajstić information content (AvgIpc) is 2.42. The first-order valence-electron chi connectivity index (χ1n) is 6.14. The van der Waals surface area contributed by atoms with Crippen molar-refractivity contribution in [3.63, 3.8) is 0 Å². The lowest BCUT2D eigenvalue weighted by atomic mass is 10.1. The SMILES string of the molecule is CCCOC(=O)/C(C#N)=C/c1ccc(N(C)C)cc1. The van der Waals surface area contributed by atoms with Gasteiger partial charge in [0.2, 0.25) is 0 Å². The van der Waals surface area contributed by atoms with E-state index in [1.807, 2.05) is 56.3 Å². The van der Waals surface area contributed by atoms with E-state index in [1.165, 1.54) is 6.08 Å². The highest BCUT2D eigenvalue weighted by atomic mass is 16.5. The van der Waals surface area contributed by atoms with Crippen LogP contribution >= 0.6 is 0 Å². The molecule has 0 fully saturated rings. The number of esters is 1. The molecule has 4 heteroatoms. The quantitative estimate of drug-likeness (QED) is 0.463. The fourth-order valence-corrected chi connectivity index (χ4v) is 1.44. The van der Waals surface area contributed by atoms with E-state index in [2.05, 4.69) is 0 Å². The third-order valence-corrected chi connectivity index (χ3v) is 2.50. The molecule has 0 aliphatic carbocycles. The molecule has 1 aromatic carbocycles. The highest BCUT2D eigenvalue weighted by Crippen LogP contribution is 2.15. The van der Waals surface area contributed by atoms with E-state index in [9.17, 15) is 4.79 Å². The van der Waals surface area contributed by atoms with Crippen LogP contribution in [-0.4, -0.2) is 26.7 Å². The maximum atomic E-state index is 11.6. The summed E-state index contributed by atoms with van der Waals surface area (Å²) >= 11 is 0. The molecule has 0 aliphatic rings. The van der Waals surface area contributed by atoms with Crippen LogP contribution in [0.25, 0.3) is 6.08 Å². The Morgan fingerprint density at radius 3 is 2.47 bits per heavy atom. The largest absolute Gasteiger partial charge is 0.462 e. The molecule has 0 unspecified atom stereocenters. The van der Waals surface area contributed by atoms with Gasteiger partial charge in [-0.3, -0.25) is 0 Å². The average molecular weight is 258 g/mol. The molecule has 1 rings (SSSR count). The molecular formula is C15H18N2O2. The van der Waals surface area contributed by atoms with Gasteiger partial charge < -0.3 is 9.64 Å². The molecule has 0 saturated carbocycles. The number of carbonyl (C=O) groups excluding carboxylic acids is 1. The zero-order valence-corrected chi connectivity index (χ0v) is 11.5. The van der Waals surface area contributed by atoms with Gasteiger partial charge in [0.15, 0.2) is 0 Å². The molecule has 100 valence electrons. The number of hydrogen-bond acceptors (Lipinski definition) is 4. The van der Waals surface area contributed by atoms with Gasteiger partial charge in [0.05, 0.1) is 6.61 Å². The fraction of sp³-hybridized carbons (Fsp3) is 0.333. The summed E-state index contributed by atoms with van der Waals surface area (Å²) in [5.74, 6) is -0.568. The van der Waals surface area contributed by atoms with Crippen molar-refractivity contribution in [1.29, 1.82) is 5.26 Å². The standard InChI is InChI=1S/C15H18N2O2/c1-4-9-19-15(18)13(11-16)10-12-5-7-14(8-6-12)17(2)3/h5-8,10H,4,9H2,1-3H3/b13-10+. The van der Waals surface area contributed by atoms with Crippen molar-refractivity contribution in [3.8, 4) is 6.07 Å². The number of hydrogen-bond donors (Lipinski definition) is 0. The Morgan fingerprint density at radius 2 is 2.00 bits per heavy atom. The predicted molar refractivity (Wildman–Crippen MR) is 75.6 cm³/mol. The van der Waals surface area contributed by atoms with Gasteiger partial charge in [-0.15, -0.1) is 0 Å². The van der Waals surface area contributed by atoms with Gasteiger partial charge in [0, 0.05) is 19.8 Å². The lowest BCUT2D eigenvalue weighted by molar-refractivity contribution is -0.138. The highest BCUT2D eigenvalue weighted by molar-refractivity contribution is 5.97. The van der Waals surface area contributed by atoms with E-state index < -0.39 is 5.97 Å². The van der Waals surface area contributed by atoms with Crippen LogP contribution < -0.4 is 4.90 Å². The molecule has 1 aromatic rings. The topological polar surface area (TPSA) is 53.3 Å². The summed E-state index contributed by atoms with van der Waals surface area (Å²) in [6.07, 6.45) is 2.28. The summed E-state index contributed by atoms with van der Waals surface area (Å²) in [7, 11) is 3.90. The van der Waals surface area contributed by atoms with E-state index in [4.69, 9.17) is 10.00 Å². The molecule has 0 aliphatic heterocycles. The first-order valence-corrected chi connectivity index (χ1v) is 6.14. The number of rotatable bonds is 5. The number of ether oxygens (including phenoxy) is 1. The zero-order valence-electron chi connectivity index (χ0n) is 11.5. The lowest BCUT2D eigenvalue weighted by Gasteiger charge is -2.11. The van der Waals surface area contributed by atoms with Crippen LogP contribution in [0.5, 0.6) is 0 Å². The summed E-state index contributed by atoms with van der Waals surface area (Å²) in [6.45, 7) is 2.24. The van der Waals surface area contributed by atoms with E-state index in [-0.39, 0.29) is 5.57 Å². The summed E-state index contributed by atoms with van der Waals surface area (Å²) < 4.78 is 4.94. The molecule has 0 radical (unpaired) electrons. The van der Waals surface area contributed by atoms with Crippen LogP contribution in [0.15, 0.2) is 29.8 Å². The monoisotopic (exact) mass is 258 g/mol. The Labute approximate surface area is 113 Å². The van der Waals surface area contributed by atoms with Crippen molar-refractivity contribution in [1.82, 2.24) is 0 Å². The van der Waals surface area contributed by atoms with Crippen LogP contribution in [-0.2, 0) is 9.53 Å². The summed E-state index contributed by atoms with van der Waals surface area (Å²) in [5, 5.41) is 8.97. The molecule has 4 nitrogen and oxygen atoms in total. The van der Waals surface area contributed by atoms with Crippen molar-refractivity contribution < 1.29 is 9.53 Å². The third kappa shape index (κ3) is 4.47. The predicted octanol–water partition coefficient (Wildman–Crippen LogP) is 2.61. The van der Waals surface area contributed by atoms with E-state index in [1.54, 1.807) is 0 Å². The van der Waals surface area contributed by atoms with Crippen LogP contribution in [0.3, 0.4) is 0 Å². The Morgan fingerprint density at radius 1 is 1.37 bits per heavy atom. The molecule has 0 bridgehead atoms. The minimum atomic E-state index is -0.568. The van der Waals surface area contributed by atoms with Gasteiger partial charge in [0.25, 0.3) is 0 Å². The maximum absolute atomic E-state index is 11.6. The summed E-state index contributed by atoms with van der Waals surface area (Å²) in [5.41, 5.74) is 1.88. The van der Waals surface area contributed by atoms with Crippen molar-refractivity contribution >= 4 is 17.7 Å². The summed E-state index contributed by atoms with van der Waals surface area (Å²) in [4.78, 5) is 13.6. The maximum Gasteiger partial charge on any atom is 0.348 e. The van der Waals surface area contributed by atoms with Crippen LogP contribution in [0.4, 0.5) is 5.69 Å². The molecule has 0 atom stereocenters. The Kier molecular flexibility index (Phi) is 5.62. The van der Waals surface area contributed by atoms with Gasteiger partial charge in [-0.2, -0.15) is 5.26 Å². The van der Waals surface area contributed by atoms with Gasteiger partial charge in [0.1, 0.15) is 11.6 Å². The van der Waals surface area contributed by atoms with Crippen LogP contribution in [0.2, 0.25) is 0 Å². The van der Waals surface area contributed by atoms with Gasteiger partial charge in [-0.05, 0) is 30.2 Å². The van der Waals surface area contributed by atoms with Gasteiger partial charge >= 0.3 is 5.97 Å². The number of nitriles is 1. The number of carbonyl (C=O) groups is 1. The smallest absolute Gasteiger partial charge is 0.348 e. The second kappa shape index (κ2) is 7.22. The highest BCUT2D eigenvalue weighted by Gasteiger charge is 2.09. The first-order chi connectivity index (χ1) is 9.08. The van der Waals surface area contributed by atoms with Crippen LogP contribution in [0, 0.1) is 11.3 Å². The molecule has 0 heterocycles. The van der Waals surface area contributed by atoms with E-state index in [0.717, 1.165) is 17.7 Å². The van der Waals surface area contributed by atoms with E-state index >= 15 is 0 Å². The first kappa shape index (κ1) is 14.8. The molecule has 0 amide bonds.